The molecule has 0 saturated carbocycles. The number of carboxylic acids is 1. The number of piperidine rings is 1. The number of ether oxygens (including phenoxy) is 1. The Kier molecular flexibility index (Phi) is 5.66. The molecule has 120 valence electrons. The van der Waals surface area contributed by atoms with Crippen LogP contribution in [0.1, 0.15) is 26.2 Å². The van der Waals surface area contributed by atoms with Gasteiger partial charge in [0.25, 0.3) is 0 Å². The summed E-state index contributed by atoms with van der Waals surface area (Å²) in [6.07, 6.45) is 1.55. The van der Waals surface area contributed by atoms with Crippen molar-refractivity contribution in [1.29, 1.82) is 0 Å². The van der Waals surface area contributed by atoms with E-state index in [0.717, 1.165) is 0 Å². The zero-order chi connectivity index (χ0) is 16.1. The third kappa shape index (κ3) is 4.13. The van der Waals surface area contributed by atoms with Crippen molar-refractivity contribution >= 4 is 23.5 Å². The fourth-order valence-corrected chi connectivity index (χ4v) is 2.80. The minimum Gasteiger partial charge on any atom is -0.491 e. The molecule has 1 saturated heterocycles. The lowest BCUT2D eigenvalue weighted by molar-refractivity contribution is -0.147. The monoisotopic (exact) mass is 325 g/mol. The van der Waals surface area contributed by atoms with Crippen molar-refractivity contribution in [2.75, 3.05) is 13.2 Å². The largest absolute Gasteiger partial charge is 0.491 e. The molecule has 5 nitrogen and oxygen atoms in total. The number of carbonyl (C=O) groups is 2. The molecule has 0 aliphatic carbocycles. The molecule has 0 spiro atoms. The van der Waals surface area contributed by atoms with E-state index in [1.807, 2.05) is 19.1 Å². The predicted molar refractivity (Wildman–Crippen MR) is 83.1 cm³/mol. The van der Waals surface area contributed by atoms with Crippen LogP contribution in [0.2, 0.25) is 5.02 Å². The molecule has 1 aliphatic rings. The minimum absolute atomic E-state index is 0.0726. The van der Waals surface area contributed by atoms with Crippen LogP contribution in [0.15, 0.2) is 24.3 Å². The molecule has 1 aromatic carbocycles. The van der Waals surface area contributed by atoms with Crippen LogP contribution in [0.4, 0.5) is 0 Å². The number of benzene rings is 1. The summed E-state index contributed by atoms with van der Waals surface area (Å²) in [4.78, 5) is 25.0. The first-order valence-electron chi connectivity index (χ1n) is 7.38. The molecule has 2 atom stereocenters. The number of hydrogen-bond acceptors (Lipinski definition) is 3. The van der Waals surface area contributed by atoms with E-state index in [1.54, 1.807) is 17.0 Å². The number of para-hydroxylation sites is 1. The van der Waals surface area contributed by atoms with Crippen LogP contribution < -0.4 is 4.74 Å². The van der Waals surface area contributed by atoms with Gasteiger partial charge in [-0.15, -0.1) is 0 Å². The summed E-state index contributed by atoms with van der Waals surface area (Å²) in [5, 5.41) is 9.61. The van der Waals surface area contributed by atoms with Gasteiger partial charge in [-0.25, -0.2) is 0 Å². The van der Waals surface area contributed by atoms with Gasteiger partial charge in [-0.3, -0.25) is 9.59 Å². The van der Waals surface area contributed by atoms with Crippen LogP contribution in [-0.4, -0.2) is 41.1 Å². The summed E-state index contributed by atoms with van der Waals surface area (Å²) >= 11 is 5.98. The summed E-state index contributed by atoms with van der Waals surface area (Å²) in [6, 6.07) is 7.16. The van der Waals surface area contributed by atoms with Gasteiger partial charge in [0.05, 0.1) is 24.0 Å². The van der Waals surface area contributed by atoms with Crippen molar-refractivity contribution in [3.8, 4) is 5.75 Å². The number of hydrogen-bond donors (Lipinski definition) is 1. The first-order valence-corrected chi connectivity index (χ1v) is 7.76. The second-order valence-corrected chi connectivity index (χ2v) is 5.94. The Morgan fingerprint density at radius 3 is 2.77 bits per heavy atom. The zero-order valence-electron chi connectivity index (χ0n) is 12.5. The number of carbonyl (C=O) groups excluding carboxylic acids is 1. The quantitative estimate of drug-likeness (QED) is 0.904. The average molecular weight is 326 g/mol. The molecule has 1 N–H and O–H groups in total. The van der Waals surface area contributed by atoms with Gasteiger partial charge in [-0.2, -0.15) is 0 Å². The highest BCUT2D eigenvalue weighted by molar-refractivity contribution is 6.32. The third-order valence-corrected chi connectivity index (χ3v) is 4.27. The van der Waals surface area contributed by atoms with Crippen LogP contribution in [0.5, 0.6) is 5.75 Å². The standard InChI is InChI=1S/C16H20ClNO4/c1-11-6-7-12(16(20)21)10-18(11)15(19)8-9-22-14-5-3-2-4-13(14)17/h2-5,11-12H,6-10H2,1H3,(H,20,21). The fraction of sp³-hybridized carbons (Fsp3) is 0.500. The maximum Gasteiger partial charge on any atom is 0.308 e. The molecule has 2 rings (SSSR count). The number of halogens is 1. The molecule has 22 heavy (non-hydrogen) atoms. The topological polar surface area (TPSA) is 66.8 Å². The number of nitrogens with zero attached hydrogens (tertiary/aromatic N) is 1. The molecule has 0 radical (unpaired) electrons. The van der Waals surface area contributed by atoms with Crippen molar-refractivity contribution in [3.05, 3.63) is 29.3 Å². The van der Waals surface area contributed by atoms with Gasteiger partial charge < -0.3 is 14.7 Å². The first-order chi connectivity index (χ1) is 10.5. The van der Waals surface area contributed by atoms with Crippen molar-refractivity contribution in [3.63, 3.8) is 0 Å². The molecule has 0 aromatic heterocycles. The number of carboxylic acid groups (broad SMARTS) is 1. The van der Waals surface area contributed by atoms with Crippen molar-refractivity contribution in [2.24, 2.45) is 5.92 Å². The Balaban J connectivity index is 1.86. The molecule has 2 unspecified atom stereocenters. The zero-order valence-corrected chi connectivity index (χ0v) is 13.3. The summed E-state index contributed by atoms with van der Waals surface area (Å²) in [6.45, 7) is 2.45. The van der Waals surface area contributed by atoms with E-state index >= 15 is 0 Å². The van der Waals surface area contributed by atoms with Gasteiger partial charge in [-0.05, 0) is 31.9 Å². The number of aliphatic carboxylic acids is 1. The van der Waals surface area contributed by atoms with Gasteiger partial charge in [0, 0.05) is 12.6 Å². The van der Waals surface area contributed by atoms with Crippen molar-refractivity contribution < 1.29 is 19.4 Å². The Hall–Kier alpha value is -1.75. The lowest BCUT2D eigenvalue weighted by atomic mass is 9.93. The van der Waals surface area contributed by atoms with Gasteiger partial charge in [0.15, 0.2) is 0 Å². The van der Waals surface area contributed by atoms with Crippen LogP contribution >= 0.6 is 11.6 Å². The Labute approximate surface area is 134 Å². The van der Waals surface area contributed by atoms with E-state index in [9.17, 15) is 9.59 Å². The van der Waals surface area contributed by atoms with Gasteiger partial charge in [-0.1, -0.05) is 23.7 Å². The van der Waals surface area contributed by atoms with Crippen LogP contribution in [0.3, 0.4) is 0 Å². The van der Waals surface area contributed by atoms with E-state index in [0.29, 0.717) is 23.6 Å². The van der Waals surface area contributed by atoms with Crippen LogP contribution in [0, 0.1) is 5.92 Å². The summed E-state index contributed by atoms with van der Waals surface area (Å²) in [5.74, 6) is -0.834. The maximum atomic E-state index is 12.3. The van der Waals surface area contributed by atoms with Gasteiger partial charge in [0.2, 0.25) is 5.91 Å². The molecule has 1 heterocycles. The lowest BCUT2D eigenvalue weighted by Gasteiger charge is -2.36. The molecule has 1 aromatic rings. The van der Waals surface area contributed by atoms with Gasteiger partial charge >= 0.3 is 5.97 Å². The molecule has 6 heteroatoms. The molecular weight excluding hydrogens is 306 g/mol. The van der Waals surface area contributed by atoms with Crippen molar-refractivity contribution in [1.82, 2.24) is 4.90 Å². The second kappa shape index (κ2) is 7.49. The van der Waals surface area contributed by atoms with Crippen LogP contribution in [-0.2, 0) is 9.59 Å². The Bertz CT molecular complexity index is 549. The fourth-order valence-electron chi connectivity index (χ4n) is 2.61. The highest BCUT2D eigenvalue weighted by Crippen LogP contribution is 2.24. The number of rotatable bonds is 5. The molecule has 0 bridgehead atoms. The normalized spacial score (nSPS) is 21.5. The Morgan fingerprint density at radius 2 is 2.09 bits per heavy atom. The Morgan fingerprint density at radius 1 is 1.36 bits per heavy atom. The van der Waals surface area contributed by atoms with E-state index in [2.05, 4.69) is 0 Å². The summed E-state index contributed by atoms with van der Waals surface area (Å²) in [7, 11) is 0. The minimum atomic E-state index is -0.836. The van der Waals surface area contributed by atoms with E-state index in [-0.39, 0.29) is 31.5 Å². The molecule has 1 amide bonds. The van der Waals surface area contributed by atoms with E-state index in [4.69, 9.17) is 21.4 Å². The third-order valence-electron chi connectivity index (χ3n) is 3.96. The second-order valence-electron chi connectivity index (χ2n) is 5.54. The lowest BCUT2D eigenvalue weighted by Crippen LogP contribution is -2.47. The summed E-state index contributed by atoms with van der Waals surface area (Å²) < 4.78 is 5.51. The molecule has 1 fully saturated rings. The SMILES string of the molecule is CC1CCC(C(=O)O)CN1C(=O)CCOc1ccccc1Cl. The van der Waals surface area contributed by atoms with Crippen molar-refractivity contribution in [2.45, 2.75) is 32.2 Å². The number of amides is 1. The van der Waals surface area contributed by atoms with Crippen LogP contribution in [0.25, 0.3) is 0 Å². The smallest absolute Gasteiger partial charge is 0.308 e. The van der Waals surface area contributed by atoms with E-state index < -0.39 is 11.9 Å². The molecular formula is C16H20ClNO4. The molecule has 1 aliphatic heterocycles. The maximum absolute atomic E-state index is 12.3. The first kappa shape index (κ1) is 16.6. The summed E-state index contributed by atoms with van der Waals surface area (Å²) in [5.41, 5.74) is 0. The average Bonchev–Trinajstić information content (AvgIpc) is 2.49. The van der Waals surface area contributed by atoms with Gasteiger partial charge in [0.1, 0.15) is 5.75 Å². The highest BCUT2D eigenvalue weighted by Gasteiger charge is 2.32. The highest BCUT2D eigenvalue weighted by atomic mass is 35.5. The predicted octanol–water partition coefficient (Wildman–Crippen LogP) is 2.82. The van der Waals surface area contributed by atoms with E-state index in [1.165, 1.54) is 0 Å². The number of likely N-dealkylation sites (tertiary alicyclic amines) is 1.